The summed E-state index contributed by atoms with van der Waals surface area (Å²) in [6, 6.07) is 9.74. The highest BCUT2D eigenvalue weighted by Crippen LogP contribution is 2.39. The molecule has 27 heavy (non-hydrogen) atoms. The molecule has 0 aliphatic heterocycles. The maximum atomic E-state index is 10.6. The van der Waals surface area contributed by atoms with Gasteiger partial charge in [-0.2, -0.15) is 0 Å². The largest absolute Gasteiger partial charge is 0.504 e. The van der Waals surface area contributed by atoms with Crippen LogP contribution in [0.3, 0.4) is 0 Å². The molecule has 144 valence electrons. The van der Waals surface area contributed by atoms with E-state index in [4.69, 9.17) is 5.11 Å². The van der Waals surface area contributed by atoms with Crippen molar-refractivity contribution in [1.29, 1.82) is 0 Å². The molecule has 0 saturated carbocycles. The van der Waals surface area contributed by atoms with Crippen LogP contribution in [-0.2, 0) is 17.6 Å². The van der Waals surface area contributed by atoms with Gasteiger partial charge in [0.1, 0.15) is 0 Å². The van der Waals surface area contributed by atoms with Gasteiger partial charge >= 0.3 is 5.97 Å². The third-order valence-electron chi connectivity index (χ3n) is 5.07. The van der Waals surface area contributed by atoms with E-state index in [1.54, 1.807) is 12.1 Å². The monoisotopic (exact) mass is 481 g/mol. The molecule has 1 aliphatic rings. The number of aryl methyl sites for hydroxylation is 1. The Morgan fingerprint density at radius 3 is 2.70 bits per heavy atom. The number of aromatic hydroxyl groups is 2. The number of carbonyl (C=O) groups is 1. The van der Waals surface area contributed by atoms with Crippen molar-refractivity contribution >= 4 is 34.2 Å². The molecule has 0 radical (unpaired) electrons. The molecule has 2 aromatic carbocycles. The highest BCUT2D eigenvalue weighted by Gasteiger charge is 2.22. The second-order valence-electron chi connectivity index (χ2n) is 7.07. The normalized spacial score (nSPS) is 16.0. The molecular formula is C21H24INO4. The summed E-state index contributed by atoms with van der Waals surface area (Å²) < 4.78 is 1.12. The maximum absolute atomic E-state index is 10.6. The molecule has 3 rings (SSSR count). The second-order valence-corrected chi connectivity index (χ2v) is 8.23. The van der Waals surface area contributed by atoms with Crippen molar-refractivity contribution in [3.05, 3.63) is 50.6 Å². The predicted octanol–water partition coefficient (Wildman–Crippen LogP) is 4.64. The Hall–Kier alpha value is -1.96. The Morgan fingerprint density at radius 2 is 1.96 bits per heavy atom. The molecule has 1 atom stereocenters. The summed E-state index contributed by atoms with van der Waals surface area (Å²) in [4.78, 5) is 10.6. The van der Waals surface area contributed by atoms with E-state index in [0.717, 1.165) is 46.1 Å². The van der Waals surface area contributed by atoms with E-state index < -0.39 is 5.97 Å². The van der Waals surface area contributed by atoms with Crippen molar-refractivity contribution in [2.24, 2.45) is 0 Å². The molecular weight excluding hydrogens is 457 g/mol. The number of fused-ring (bicyclic) bond motifs is 1. The van der Waals surface area contributed by atoms with Crippen LogP contribution in [-0.4, -0.2) is 27.8 Å². The van der Waals surface area contributed by atoms with Crippen molar-refractivity contribution in [3.63, 3.8) is 0 Å². The zero-order valence-electron chi connectivity index (χ0n) is 15.0. The average molecular weight is 481 g/mol. The van der Waals surface area contributed by atoms with Crippen LogP contribution in [0.15, 0.2) is 30.3 Å². The molecule has 0 heterocycles. The van der Waals surface area contributed by atoms with Gasteiger partial charge in [-0.25, -0.2) is 0 Å². The van der Waals surface area contributed by atoms with E-state index in [2.05, 4.69) is 46.1 Å². The fraction of sp³-hybridized carbons (Fsp3) is 0.381. The molecule has 6 heteroatoms. The van der Waals surface area contributed by atoms with E-state index in [1.165, 1.54) is 5.56 Å². The van der Waals surface area contributed by atoms with E-state index in [0.29, 0.717) is 18.9 Å². The molecule has 0 amide bonds. The number of carboxylic acid groups (broad SMARTS) is 1. The number of hydrogen-bond donors (Lipinski definition) is 4. The Balaban J connectivity index is 1.68. The topological polar surface area (TPSA) is 89.8 Å². The molecule has 0 saturated heterocycles. The molecule has 0 bridgehead atoms. The first-order valence-electron chi connectivity index (χ1n) is 9.23. The first-order chi connectivity index (χ1) is 12.9. The standard InChI is InChI=1S/C21H24INO4/c22-17-10-13(6-7-18(17)23-8-2-5-21(26)27)9-14-3-1-4-15-11-19(24)20(25)12-16(14)15/h6-7,10-12,14,23-25H,1-5,8-9H2,(H,26,27)/t14-/m1/s1. The summed E-state index contributed by atoms with van der Waals surface area (Å²) in [5.41, 5.74) is 4.53. The zero-order chi connectivity index (χ0) is 19.4. The number of phenolic OH excluding ortho intramolecular Hbond substituents is 2. The van der Waals surface area contributed by atoms with Gasteiger partial charge in [0.05, 0.1) is 0 Å². The quantitative estimate of drug-likeness (QED) is 0.263. The number of rotatable bonds is 7. The van der Waals surface area contributed by atoms with Crippen LogP contribution in [0.4, 0.5) is 5.69 Å². The summed E-state index contributed by atoms with van der Waals surface area (Å²) in [6.07, 6.45) is 4.77. The van der Waals surface area contributed by atoms with Crippen molar-refractivity contribution in [3.8, 4) is 11.5 Å². The van der Waals surface area contributed by atoms with E-state index in [-0.39, 0.29) is 17.9 Å². The lowest BCUT2D eigenvalue weighted by Gasteiger charge is -2.26. The molecule has 2 aromatic rings. The fourth-order valence-corrected chi connectivity index (χ4v) is 4.49. The van der Waals surface area contributed by atoms with Crippen LogP contribution in [0.2, 0.25) is 0 Å². The molecule has 0 aromatic heterocycles. The van der Waals surface area contributed by atoms with Gasteiger partial charge in [-0.1, -0.05) is 6.07 Å². The number of hydrogen-bond acceptors (Lipinski definition) is 4. The molecule has 4 N–H and O–H groups in total. The lowest BCUT2D eigenvalue weighted by Crippen LogP contribution is -2.12. The van der Waals surface area contributed by atoms with E-state index >= 15 is 0 Å². The number of anilines is 1. The Bertz CT molecular complexity index is 837. The van der Waals surface area contributed by atoms with Gasteiger partial charge in [-0.3, -0.25) is 4.79 Å². The van der Waals surface area contributed by atoms with Crippen molar-refractivity contribution in [2.45, 2.75) is 44.4 Å². The summed E-state index contributed by atoms with van der Waals surface area (Å²) in [5, 5.41) is 31.6. The number of aliphatic carboxylic acids is 1. The Kier molecular flexibility index (Phi) is 6.46. The number of benzene rings is 2. The first kappa shape index (κ1) is 19.8. The summed E-state index contributed by atoms with van der Waals surface area (Å²) in [5.74, 6) is -0.516. The predicted molar refractivity (Wildman–Crippen MR) is 114 cm³/mol. The van der Waals surface area contributed by atoms with Crippen LogP contribution < -0.4 is 5.32 Å². The lowest BCUT2D eigenvalue weighted by atomic mass is 9.79. The van der Waals surface area contributed by atoms with Crippen molar-refractivity contribution in [2.75, 3.05) is 11.9 Å². The van der Waals surface area contributed by atoms with Crippen LogP contribution in [0.25, 0.3) is 0 Å². The lowest BCUT2D eigenvalue weighted by molar-refractivity contribution is -0.137. The number of halogens is 1. The van der Waals surface area contributed by atoms with Gasteiger partial charge in [-0.05, 0) is 102 Å². The van der Waals surface area contributed by atoms with Crippen LogP contribution in [0.1, 0.15) is 48.3 Å². The van der Waals surface area contributed by atoms with Gasteiger partial charge < -0.3 is 20.6 Å². The highest BCUT2D eigenvalue weighted by atomic mass is 127. The van der Waals surface area contributed by atoms with Gasteiger partial charge in [0.2, 0.25) is 0 Å². The molecule has 0 spiro atoms. The minimum Gasteiger partial charge on any atom is -0.504 e. The van der Waals surface area contributed by atoms with E-state index in [9.17, 15) is 15.0 Å². The van der Waals surface area contributed by atoms with Gasteiger partial charge in [0.15, 0.2) is 11.5 Å². The average Bonchev–Trinajstić information content (AvgIpc) is 2.62. The summed E-state index contributed by atoms with van der Waals surface area (Å²) in [7, 11) is 0. The Labute approximate surface area is 172 Å². The smallest absolute Gasteiger partial charge is 0.303 e. The zero-order valence-corrected chi connectivity index (χ0v) is 17.2. The third kappa shape index (κ3) is 5.06. The minimum atomic E-state index is -0.769. The number of phenols is 2. The van der Waals surface area contributed by atoms with Crippen LogP contribution >= 0.6 is 22.6 Å². The minimum absolute atomic E-state index is 0.0396. The van der Waals surface area contributed by atoms with Gasteiger partial charge in [-0.15, -0.1) is 0 Å². The van der Waals surface area contributed by atoms with Crippen molar-refractivity contribution < 1.29 is 20.1 Å². The second kappa shape index (κ2) is 8.82. The molecule has 5 nitrogen and oxygen atoms in total. The third-order valence-corrected chi connectivity index (χ3v) is 5.97. The highest BCUT2D eigenvalue weighted by molar-refractivity contribution is 14.1. The number of carboxylic acids is 1. The number of nitrogens with one attached hydrogen (secondary N) is 1. The van der Waals surface area contributed by atoms with Crippen molar-refractivity contribution in [1.82, 2.24) is 0 Å². The first-order valence-corrected chi connectivity index (χ1v) is 10.3. The molecule has 0 unspecified atom stereocenters. The maximum Gasteiger partial charge on any atom is 0.303 e. The Morgan fingerprint density at radius 1 is 1.19 bits per heavy atom. The van der Waals surface area contributed by atoms with Crippen LogP contribution in [0, 0.1) is 3.57 Å². The summed E-state index contributed by atoms with van der Waals surface area (Å²) >= 11 is 2.30. The van der Waals surface area contributed by atoms with Gasteiger partial charge in [0.25, 0.3) is 0 Å². The summed E-state index contributed by atoms with van der Waals surface area (Å²) in [6.45, 7) is 0.639. The van der Waals surface area contributed by atoms with Crippen LogP contribution in [0.5, 0.6) is 11.5 Å². The molecule has 0 fully saturated rings. The van der Waals surface area contributed by atoms with Gasteiger partial charge in [0, 0.05) is 22.2 Å². The SMILES string of the molecule is O=C(O)CCCNc1ccc(C[C@H]2CCCc3cc(O)c(O)cc32)cc1I. The van der Waals surface area contributed by atoms with E-state index in [1.807, 2.05) is 0 Å². The fourth-order valence-electron chi connectivity index (χ4n) is 3.72. The molecule has 1 aliphatic carbocycles.